The zero-order chi connectivity index (χ0) is 24.3. The van der Waals surface area contributed by atoms with E-state index in [1.54, 1.807) is 13.8 Å². The molecule has 178 valence electrons. The van der Waals surface area contributed by atoms with E-state index in [1.807, 2.05) is 0 Å². The Balaban J connectivity index is 5.46. The molecule has 0 aliphatic rings. The molecule has 0 aliphatic carbocycles. The minimum absolute atomic E-state index is 0.358. The van der Waals surface area contributed by atoms with Gasteiger partial charge in [-0.1, -0.05) is 20.3 Å². The number of aliphatic hydroxyl groups excluding tert-OH is 2. The second-order valence-electron chi connectivity index (χ2n) is 7.22. The monoisotopic (exact) mass is 448 g/mol. The molecule has 0 radical (unpaired) electrons. The van der Waals surface area contributed by atoms with Crippen LogP contribution in [-0.4, -0.2) is 87.0 Å². The summed E-state index contributed by atoms with van der Waals surface area (Å²) in [6.07, 6.45) is -1.81. The van der Waals surface area contributed by atoms with Gasteiger partial charge in [-0.3, -0.25) is 19.2 Å². The van der Waals surface area contributed by atoms with Crippen LogP contribution in [0.4, 0.5) is 0 Å². The topological polar surface area (TPSA) is 228 Å². The lowest BCUT2D eigenvalue weighted by Crippen LogP contribution is -2.61. The Bertz CT molecular complexity index is 656. The van der Waals surface area contributed by atoms with E-state index < -0.39 is 78.9 Å². The summed E-state index contributed by atoms with van der Waals surface area (Å²) in [6.45, 7) is 3.88. The van der Waals surface area contributed by atoms with Gasteiger partial charge in [-0.25, -0.2) is 4.79 Å². The maximum Gasteiger partial charge on any atom is 0.326 e. The molecule has 13 heteroatoms. The molecule has 6 atom stereocenters. The zero-order valence-electron chi connectivity index (χ0n) is 17.7. The smallest absolute Gasteiger partial charge is 0.326 e. The van der Waals surface area contributed by atoms with Crippen molar-refractivity contribution in [3.05, 3.63) is 0 Å². The molecule has 0 aromatic heterocycles. The van der Waals surface area contributed by atoms with Crippen LogP contribution in [0.15, 0.2) is 0 Å². The summed E-state index contributed by atoms with van der Waals surface area (Å²) >= 11 is 0. The number of hydrogen-bond donors (Lipinski definition) is 8. The van der Waals surface area contributed by atoms with E-state index >= 15 is 0 Å². The maximum absolute atomic E-state index is 12.7. The van der Waals surface area contributed by atoms with Crippen LogP contribution in [0.3, 0.4) is 0 Å². The Kier molecular flexibility index (Phi) is 12.3. The number of aliphatic carboxylic acids is 2. The zero-order valence-corrected chi connectivity index (χ0v) is 17.7. The molecule has 0 spiro atoms. The summed E-state index contributed by atoms with van der Waals surface area (Å²) in [5.41, 5.74) is 5.38. The molecule has 31 heavy (non-hydrogen) atoms. The van der Waals surface area contributed by atoms with Gasteiger partial charge in [-0.05, 0) is 19.3 Å². The van der Waals surface area contributed by atoms with Crippen molar-refractivity contribution in [2.45, 2.75) is 70.3 Å². The van der Waals surface area contributed by atoms with Crippen LogP contribution in [0.1, 0.15) is 40.0 Å². The van der Waals surface area contributed by atoms with Gasteiger partial charge in [0.15, 0.2) is 0 Å². The first-order valence-corrected chi connectivity index (χ1v) is 9.75. The molecule has 0 aromatic rings. The van der Waals surface area contributed by atoms with Gasteiger partial charge in [-0.2, -0.15) is 0 Å². The lowest BCUT2D eigenvalue weighted by molar-refractivity contribution is -0.144. The van der Waals surface area contributed by atoms with Crippen molar-refractivity contribution in [3.8, 4) is 0 Å². The van der Waals surface area contributed by atoms with E-state index in [4.69, 9.17) is 15.9 Å². The van der Waals surface area contributed by atoms with Crippen LogP contribution in [0, 0.1) is 5.92 Å². The molecule has 9 N–H and O–H groups in total. The number of carboxylic acid groups (broad SMARTS) is 2. The molecule has 0 saturated heterocycles. The Morgan fingerprint density at radius 2 is 1.42 bits per heavy atom. The van der Waals surface area contributed by atoms with Crippen molar-refractivity contribution < 1.29 is 44.4 Å². The highest BCUT2D eigenvalue weighted by atomic mass is 16.4. The fourth-order valence-electron chi connectivity index (χ4n) is 2.48. The Morgan fingerprint density at radius 3 is 1.84 bits per heavy atom. The van der Waals surface area contributed by atoms with Crippen molar-refractivity contribution in [1.29, 1.82) is 0 Å². The van der Waals surface area contributed by atoms with E-state index in [9.17, 15) is 34.2 Å². The molecule has 13 nitrogen and oxygen atoms in total. The quantitative estimate of drug-likeness (QED) is 0.135. The SMILES string of the molecule is CCC(C)C(NC(=O)C(NC(=O)C(N)CO)C(C)O)C(=O)NC(CCC(=O)O)C(=O)O. The standard InChI is InChI=1S/C18H32N4O9/c1-4-8(2)13(16(28)20-11(18(30)31)5-6-12(25)26)21-17(29)14(9(3)24)22-15(27)10(19)7-23/h8-11,13-14,23-24H,4-7,19H2,1-3H3,(H,20,28)(H,21,29)(H,22,27)(H,25,26)(H,30,31). The van der Waals surface area contributed by atoms with Gasteiger partial charge in [0.2, 0.25) is 17.7 Å². The minimum atomic E-state index is -1.49. The normalized spacial score (nSPS) is 16.7. The van der Waals surface area contributed by atoms with Crippen LogP contribution < -0.4 is 21.7 Å². The number of carbonyl (C=O) groups is 5. The van der Waals surface area contributed by atoms with Crippen molar-refractivity contribution in [3.63, 3.8) is 0 Å². The Morgan fingerprint density at radius 1 is 0.903 bits per heavy atom. The average Bonchev–Trinajstić information content (AvgIpc) is 2.70. The molecule has 0 aromatic carbocycles. The Labute approximate surface area is 179 Å². The predicted octanol–water partition coefficient (Wildman–Crippen LogP) is -2.86. The summed E-state index contributed by atoms with van der Waals surface area (Å²) in [5.74, 6) is -5.81. The van der Waals surface area contributed by atoms with Crippen LogP contribution in [0.25, 0.3) is 0 Å². The van der Waals surface area contributed by atoms with Crippen LogP contribution >= 0.6 is 0 Å². The number of amides is 3. The number of carbonyl (C=O) groups excluding carboxylic acids is 3. The van der Waals surface area contributed by atoms with Gasteiger partial charge in [0.25, 0.3) is 0 Å². The highest BCUT2D eigenvalue weighted by molar-refractivity contribution is 5.94. The predicted molar refractivity (Wildman–Crippen MR) is 106 cm³/mol. The van der Waals surface area contributed by atoms with Gasteiger partial charge >= 0.3 is 11.9 Å². The number of nitrogens with one attached hydrogen (secondary N) is 3. The van der Waals surface area contributed by atoms with Gasteiger partial charge in [-0.15, -0.1) is 0 Å². The van der Waals surface area contributed by atoms with Gasteiger partial charge in [0.05, 0.1) is 12.7 Å². The van der Waals surface area contributed by atoms with E-state index in [-0.39, 0.29) is 6.42 Å². The first-order chi connectivity index (χ1) is 14.3. The van der Waals surface area contributed by atoms with Gasteiger partial charge < -0.3 is 42.1 Å². The summed E-state index contributed by atoms with van der Waals surface area (Å²) < 4.78 is 0. The molecule has 0 aliphatic heterocycles. The number of nitrogens with two attached hydrogens (primary N) is 1. The molecule has 0 bridgehead atoms. The number of aliphatic hydroxyl groups is 2. The Hall–Kier alpha value is -2.77. The van der Waals surface area contributed by atoms with Crippen molar-refractivity contribution in [2.75, 3.05) is 6.61 Å². The molecular weight excluding hydrogens is 416 g/mol. The molecule has 0 rings (SSSR count). The molecule has 0 heterocycles. The third kappa shape index (κ3) is 9.72. The summed E-state index contributed by atoms with van der Waals surface area (Å²) in [5, 5.41) is 43.5. The van der Waals surface area contributed by atoms with Gasteiger partial charge in [0, 0.05) is 6.42 Å². The molecular formula is C18H32N4O9. The van der Waals surface area contributed by atoms with Crippen molar-refractivity contribution >= 4 is 29.7 Å². The maximum atomic E-state index is 12.7. The lowest BCUT2D eigenvalue weighted by atomic mass is 9.97. The summed E-state index contributed by atoms with van der Waals surface area (Å²) in [4.78, 5) is 59.2. The third-order valence-electron chi connectivity index (χ3n) is 4.65. The second kappa shape index (κ2) is 13.5. The van der Waals surface area contributed by atoms with Crippen LogP contribution in [0.2, 0.25) is 0 Å². The van der Waals surface area contributed by atoms with Crippen molar-refractivity contribution in [1.82, 2.24) is 16.0 Å². The van der Waals surface area contributed by atoms with E-state index in [0.29, 0.717) is 6.42 Å². The number of carboxylic acids is 2. The molecule has 6 unspecified atom stereocenters. The van der Waals surface area contributed by atoms with E-state index in [2.05, 4.69) is 16.0 Å². The number of hydrogen-bond acceptors (Lipinski definition) is 8. The lowest BCUT2D eigenvalue weighted by Gasteiger charge is -2.28. The van der Waals surface area contributed by atoms with E-state index in [1.165, 1.54) is 6.92 Å². The largest absolute Gasteiger partial charge is 0.481 e. The molecule has 0 saturated carbocycles. The fraction of sp³-hybridized carbons (Fsp3) is 0.722. The van der Waals surface area contributed by atoms with Crippen molar-refractivity contribution in [2.24, 2.45) is 11.7 Å². The highest BCUT2D eigenvalue weighted by Gasteiger charge is 2.34. The van der Waals surface area contributed by atoms with E-state index in [0.717, 1.165) is 0 Å². The minimum Gasteiger partial charge on any atom is -0.481 e. The second-order valence-corrected chi connectivity index (χ2v) is 7.22. The average molecular weight is 448 g/mol. The molecule has 0 fully saturated rings. The summed E-state index contributed by atoms with van der Waals surface area (Å²) in [7, 11) is 0. The van der Waals surface area contributed by atoms with Crippen LogP contribution in [-0.2, 0) is 24.0 Å². The first kappa shape index (κ1) is 28.2. The fourth-order valence-corrected chi connectivity index (χ4v) is 2.48. The highest BCUT2D eigenvalue weighted by Crippen LogP contribution is 2.10. The summed E-state index contributed by atoms with van der Waals surface area (Å²) in [6, 6.07) is -5.53. The first-order valence-electron chi connectivity index (χ1n) is 9.75. The van der Waals surface area contributed by atoms with Crippen LogP contribution in [0.5, 0.6) is 0 Å². The number of rotatable bonds is 14. The molecule has 3 amide bonds. The van der Waals surface area contributed by atoms with Gasteiger partial charge in [0.1, 0.15) is 24.2 Å². The third-order valence-corrected chi connectivity index (χ3v) is 4.65.